The number of hydrogen-bond donors (Lipinski definition) is 1. The molecule has 0 radical (unpaired) electrons. The molecule has 0 spiro atoms. The van der Waals surface area contributed by atoms with E-state index >= 15 is 0 Å². The van der Waals surface area contributed by atoms with E-state index in [1.54, 1.807) is 18.4 Å². The standard InChI is InChI=1S/C16H17F2NS/c1-19-16(12-9-11(17)6-7-13(12)18)15-8-10-4-2-3-5-14(10)20-15/h6-9,16,19H,2-5H2,1H3. The van der Waals surface area contributed by atoms with Gasteiger partial charge in [-0.05, 0) is 62.6 Å². The van der Waals surface area contributed by atoms with Gasteiger partial charge in [-0.1, -0.05) is 0 Å². The maximum absolute atomic E-state index is 14.0. The van der Waals surface area contributed by atoms with Crippen LogP contribution >= 0.6 is 11.3 Å². The number of benzene rings is 1. The van der Waals surface area contributed by atoms with Crippen molar-refractivity contribution in [2.75, 3.05) is 7.05 Å². The largest absolute Gasteiger partial charge is 0.309 e. The summed E-state index contributed by atoms with van der Waals surface area (Å²) in [5.74, 6) is -0.764. The molecule has 20 heavy (non-hydrogen) atoms. The summed E-state index contributed by atoms with van der Waals surface area (Å²) in [7, 11) is 1.79. The van der Waals surface area contributed by atoms with Gasteiger partial charge in [0.15, 0.2) is 0 Å². The Kier molecular flexibility index (Phi) is 3.85. The molecular formula is C16H17F2NS. The van der Waals surface area contributed by atoms with Crippen LogP contribution in [0.4, 0.5) is 8.78 Å². The molecule has 1 heterocycles. The molecule has 1 unspecified atom stereocenters. The van der Waals surface area contributed by atoms with Gasteiger partial charge in [-0.15, -0.1) is 11.3 Å². The Bertz CT molecular complexity index is 597. The van der Waals surface area contributed by atoms with Crippen LogP contribution in [0.1, 0.15) is 39.8 Å². The number of thiophene rings is 1. The van der Waals surface area contributed by atoms with Crippen LogP contribution in [0.2, 0.25) is 0 Å². The zero-order valence-corrected chi connectivity index (χ0v) is 12.2. The van der Waals surface area contributed by atoms with Crippen molar-refractivity contribution in [3.8, 4) is 0 Å². The third-order valence-electron chi connectivity index (χ3n) is 3.86. The Morgan fingerprint density at radius 1 is 1.15 bits per heavy atom. The first-order chi connectivity index (χ1) is 9.69. The fraction of sp³-hybridized carbons (Fsp3) is 0.375. The van der Waals surface area contributed by atoms with Crippen molar-refractivity contribution in [2.45, 2.75) is 31.7 Å². The highest BCUT2D eigenvalue weighted by molar-refractivity contribution is 7.12. The van der Waals surface area contributed by atoms with Gasteiger partial charge in [-0.25, -0.2) is 8.78 Å². The molecule has 0 amide bonds. The van der Waals surface area contributed by atoms with E-state index in [1.807, 2.05) is 0 Å². The lowest BCUT2D eigenvalue weighted by Crippen LogP contribution is -2.18. The SMILES string of the molecule is CNC(c1cc2c(s1)CCCC2)c1cc(F)ccc1F. The number of rotatable bonds is 3. The smallest absolute Gasteiger partial charge is 0.128 e. The van der Waals surface area contributed by atoms with E-state index in [1.165, 1.54) is 35.4 Å². The van der Waals surface area contributed by atoms with Gasteiger partial charge in [-0.2, -0.15) is 0 Å². The molecule has 2 aromatic rings. The molecule has 1 aromatic carbocycles. The molecule has 1 aliphatic rings. The van der Waals surface area contributed by atoms with Gasteiger partial charge in [0.05, 0.1) is 6.04 Å². The average Bonchev–Trinajstić information content (AvgIpc) is 2.87. The van der Waals surface area contributed by atoms with Gasteiger partial charge in [0.1, 0.15) is 11.6 Å². The van der Waals surface area contributed by atoms with E-state index in [0.29, 0.717) is 5.56 Å². The van der Waals surface area contributed by atoms with E-state index in [4.69, 9.17) is 0 Å². The highest BCUT2D eigenvalue weighted by Crippen LogP contribution is 2.36. The maximum Gasteiger partial charge on any atom is 0.128 e. The average molecular weight is 293 g/mol. The lowest BCUT2D eigenvalue weighted by Gasteiger charge is -2.16. The topological polar surface area (TPSA) is 12.0 Å². The molecule has 0 bridgehead atoms. The van der Waals surface area contributed by atoms with E-state index in [-0.39, 0.29) is 11.9 Å². The molecule has 1 aromatic heterocycles. The molecule has 0 fully saturated rings. The summed E-state index contributed by atoms with van der Waals surface area (Å²) in [6.07, 6.45) is 4.67. The first-order valence-electron chi connectivity index (χ1n) is 6.92. The van der Waals surface area contributed by atoms with Crippen LogP contribution in [0.15, 0.2) is 24.3 Å². The summed E-state index contributed by atoms with van der Waals surface area (Å²) in [6, 6.07) is 5.52. The molecule has 1 nitrogen and oxygen atoms in total. The minimum atomic E-state index is -0.400. The van der Waals surface area contributed by atoms with Crippen molar-refractivity contribution >= 4 is 11.3 Å². The van der Waals surface area contributed by atoms with Gasteiger partial charge in [-0.3, -0.25) is 0 Å². The van der Waals surface area contributed by atoms with Crippen molar-refractivity contribution in [1.29, 1.82) is 0 Å². The van der Waals surface area contributed by atoms with Crippen molar-refractivity contribution in [2.24, 2.45) is 0 Å². The molecule has 1 aliphatic carbocycles. The third kappa shape index (κ3) is 2.50. The maximum atomic E-state index is 14.0. The van der Waals surface area contributed by atoms with Gasteiger partial charge in [0.25, 0.3) is 0 Å². The molecule has 3 rings (SSSR count). The Hall–Kier alpha value is -1.26. The zero-order chi connectivity index (χ0) is 14.1. The van der Waals surface area contributed by atoms with Crippen molar-refractivity contribution < 1.29 is 8.78 Å². The lowest BCUT2D eigenvalue weighted by molar-refractivity contribution is 0.560. The number of nitrogens with one attached hydrogen (secondary N) is 1. The summed E-state index contributed by atoms with van der Waals surface area (Å²) in [6.45, 7) is 0. The van der Waals surface area contributed by atoms with E-state index < -0.39 is 5.82 Å². The van der Waals surface area contributed by atoms with Gasteiger partial charge in [0.2, 0.25) is 0 Å². The summed E-state index contributed by atoms with van der Waals surface area (Å²) >= 11 is 1.73. The van der Waals surface area contributed by atoms with Crippen molar-refractivity contribution in [3.63, 3.8) is 0 Å². The highest BCUT2D eigenvalue weighted by atomic mass is 32.1. The van der Waals surface area contributed by atoms with Crippen LogP contribution in [0, 0.1) is 11.6 Å². The molecule has 0 saturated carbocycles. The molecule has 106 valence electrons. The first kappa shape index (κ1) is 13.7. The summed E-state index contributed by atoms with van der Waals surface area (Å²) in [4.78, 5) is 2.48. The van der Waals surface area contributed by atoms with Crippen LogP contribution in [0.3, 0.4) is 0 Å². The minimum Gasteiger partial charge on any atom is -0.309 e. The van der Waals surface area contributed by atoms with Gasteiger partial charge < -0.3 is 5.32 Å². The number of hydrogen-bond acceptors (Lipinski definition) is 2. The van der Waals surface area contributed by atoms with E-state index in [2.05, 4.69) is 11.4 Å². The number of fused-ring (bicyclic) bond motifs is 1. The summed E-state index contributed by atoms with van der Waals surface area (Å²) in [5, 5.41) is 3.12. The van der Waals surface area contributed by atoms with Crippen molar-refractivity contribution in [1.82, 2.24) is 5.32 Å². The predicted octanol–water partition coefficient (Wildman–Crippen LogP) is 4.21. The van der Waals surface area contributed by atoms with Crippen LogP contribution < -0.4 is 5.32 Å². The van der Waals surface area contributed by atoms with Gasteiger partial charge in [0, 0.05) is 15.3 Å². The van der Waals surface area contributed by atoms with Crippen LogP contribution in [-0.4, -0.2) is 7.05 Å². The second-order valence-electron chi connectivity index (χ2n) is 5.19. The fourth-order valence-electron chi connectivity index (χ4n) is 2.84. The molecule has 1 N–H and O–H groups in total. The molecular weight excluding hydrogens is 276 g/mol. The first-order valence-corrected chi connectivity index (χ1v) is 7.74. The van der Waals surface area contributed by atoms with Gasteiger partial charge >= 0.3 is 0 Å². The Labute approximate surface area is 121 Å². The summed E-state index contributed by atoms with van der Waals surface area (Å²) < 4.78 is 27.4. The normalized spacial score (nSPS) is 15.9. The Balaban J connectivity index is 2.01. The molecule has 4 heteroatoms. The van der Waals surface area contributed by atoms with Crippen molar-refractivity contribution in [3.05, 3.63) is 56.8 Å². The second kappa shape index (κ2) is 5.62. The van der Waals surface area contributed by atoms with E-state index in [9.17, 15) is 8.78 Å². The predicted molar refractivity (Wildman–Crippen MR) is 78.2 cm³/mol. The lowest BCUT2D eigenvalue weighted by atomic mass is 9.97. The number of aryl methyl sites for hydroxylation is 2. The quantitative estimate of drug-likeness (QED) is 0.893. The third-order valence-corrected chi connectivity index (χ3v) is 5.16. The van der Waals surface area contributed by atoms with Crippen LogP contribution in [0.5, 0.6) is 0 Å². The Morgan fingerprint density at radius 3 is 2.70 bits per heavy atom. The molecule has 1 atom stereocenters. The van der Waals surface area contributed by atoms with Crippen LogP contribution in [-0.2, 0) is 12.8 Å². The molecule has 0 aliphatic heterocycles. The summed E-state index contributed by atoms with van der Waals surface area (Å²) in [5.41, 5.74) is 1.76. The number of halogens is 2. The van der Waals surface area contributed by atoms with Crippen LogP contribution in [0.25, 0.3) is 0 Å². The highest BCUT2D eigenvalue weighted by Gasteiger charge is 2.22. The molecule has 0 saturated heterocycles. The Morgan fingerprint density at radius 2 is 1.95 bits per heavy atom. The fourth-order valence-corrected chi connectivity index (χ4v) is 4.23. The monoisotopic (exact) mass is 293 g/mol. The second-order valence-corrected chi connectivity index (χ2v) is 6.36. The van der Waals surface area contributed by atoms with E-state index in [0.717, 1.165) is 23.8 Å². The minimum absolute atomic E-state index is 0.277. The zero-order valence-electron chi connectivity index (χ0n) is 11.4.